The number of nitrogens with zero attached hydrogens (tertiary/aromatic N) is 2. The van der Waals surface area contributed by atoms with Gasteiger partial charge in [-0.1, -0.05) is 12.1 Å². The van der Waals surface area contributed by atoms with Gasteiger partial charge >= 0.3 is 0 Å². The molecule has 23 heavy (non-hydrogen) atoms. The average Bonchev–Trinajstić information content (AvgIpc) is 2.59. The minimum Gasteiger partial charge on any atom is -0.497 e. The summed E-state index contributed by atoms with van der Waals surface area (Å²) in [7, 11) is 3.30. The van der Waals surface area contributed by atoms with E-state index in [-0.39, 0.29) is 0 Å². The van der Waals surface area contributed by atoms with E-state index in [0.717, 1.165) is 39.5 Å². The molecule has 4 nitrogen and oxygen atoms in total. The summed E-state index contributed by atoms with van der Waals surface area (Å²) >= 11 is 0. The number of hydrogen-bond acceptors (Lipinski definition) is 4. The fourth-order valence-electron chi connectivity index (χ4n) is 2.40. The standard InChI is InChI=1S/C19H18N2O2/c1-13-16(21-18-7-5-4-6-17(18)20-13)10-8-14-12-15(22-2)9-11-19(14)23-3/h4-12H,1-3H3/b10-8+. The van der Waals surface area contributed by atoms with Gasteiger partial charge in [0, 0.05) is 5.56 Å². The van der Waals surface area contributed by atoms with Crippen molar-refractivity contribution >= 4 is 23.2 Å². The van der Waals surface area contributed by atoms with Crippen molar-refractivity contribution < 1.29 is 9.47 Å². The van der Waals surface area contributed by atoms with Crippen LogP contribution in [0.2, 0.25) is 0 Å². The van der Waals surface area contributed by atoms with Crippen molar-refractivity contribution in [1.82, 2.24) is 9.97 Å². The number of para-hydroxylation sites is 2. The first-order valence-electron chi connectivity index (χ1n) is 7.35. The summed E-state index contributed by atoms with van der Waals surface area (Å²) in [6, 6.07) is 13.5. The molecule has 0 spiro atoms. The Kier molecular flexibility index (Phi) is 4.24. The number of benzene rings is 2. The topological polar surface area (TPSA) is 44.2 Å². The first-order valence-corrected chi connectivity index (χ1v) is 7.35. The third kappa shape index (κ3) is 3.16. The summed E-state index contributed by atoms with van der Waals surface area (Å²) in [4.78, 5) is 9.26. The molecule has 0 aliphatic rings. The quantitative estimate of drug-likeness (QED) is 0.727. The minimum atomic E-state index is 0.784. The smallest absolute Gasteiger partial charge is 0.126 e. The summed E-state index contributed by atoms with van der Waals surface area (Å²) in [5, 5.41) is 0. The summed E-state index contributed by atoms with van der Waals surface area (Å²) < 4.78 is 10.7. The Bertz CT molecular complexity index is 872. The molecule has 0 saturated carbocycles. The lowest BCUT2D eigenvalue weighted by Crippen LogP contribution is -1.93. The van der Waals surface area contributed by atoms with Crippen molar-refractivity contribution in [3.8, 4) is 11.5 Å². The number of fused-ring (bicyclic) bond motifs is 1. The van der Waals surface area contributed by atoms with Crippen LogP contribution in [-0.4, -0.2) is 24.2 Å². The number of hydrogen-bond donors (Lipinski definition) is 0. The second-order valence-corrected chi connectivity index (χ2v) is 5.12. The maximum absolute atomic E-state index is 5.39. The van der Waals surface area contributed by atoms with Gasteiger partial charge in [-0.25, -0.2) is 9.97 Å². The Balaban J connectivity index is 2.01. The van der Waals surface area contributed by atoms with Crippen LogP contribution in [0.1, 0.15) is 17.0 Å². The summed E-state index contributed by atoms with van der Waals surface area (Å²) in [6.45, 7) is 1.96. The minimum absolute atomic E-state index is 0.784. The van der Waals surface area contributed by atoms with Gasteiger partial charge in [-0.2, -0.15) is 0 Å². The van der Waals surface area contributed by atoms with E-state index in [9.17, 15) is 0 Å². The van der Waals surface area contributed by atoms with Gasteiger partial charge in [0.2, 0.25) is 0 Å². The zero-order valence-electron chi connectivity index (χ0n) is 13.4. The summed E-state index contributed by atoms with van der Waals surface area (Å²) in [6.07, 6.45) is 3.92. The Morgan fingerprint density at radius 1 is 0.870 bits per heavy atom. The van der Waals surface area contributed by atoms with E-state index in [4.69, 9.17) is 9.47 Å². The van der Waals surface area contributed by atoms with E-state index in [1.165, 1.54) is 0 Å². The molecule has 0 N–H and O–H groups in total. The molecule has 0 aliphatic heterocycles. The number of aromatic nitrogens is 2. The van der Waals surface area contributed by atoms with E-state index in [1.54, 1.807) is 14.2 Å². The molecule has 2 aromatic carbocycles. The highest BCUT2D eigenvalue weighted by atomic mass is 16.5. The number of rotatable bonds is 4. The zero-order chi connectivity index (χ0) is 16.2. The van der Waals surface area contributed by atoms with Crippen molar-refractivity contribution in [2.24, 2.45) is 0 Å². The average molecular weight is 306 g/mol. The first kappa shape index (κ1) is 15.0. The van der Waals surface area contributed by atoms with Gasteiger partial charge < -0.3 is 9.47 Å². The van der Waals surface area contributed by atoms with Crippen LogP contribution in [-0.2, 0) is 0 Å². The molecule has 0 saturated heterocycles. The molecule has 3 rings (SSSR count). The van der Waals surface area contributed by atoms with E-state index >= 15 is 0 Å². The maximum Gasteiger partial charge on any atom is 0.126 e. The van der Waals surface area contributed by atoms with E-state index in [2.05, 4.69) is 9.97 Å². The molecule has 0 amide bonds. The van der Waals surface area contributed by atoms with Crippen molar-refractivity contribution in [3.63, 3.8) is 0 Å². The second-order valence-electron chi connectivity index (χ2n) is 5.12. The largest absolute Gasteiger partial charge is 0.497 e. The van der Waals surface area contributed by atoms with Gasteiger partial charge in [0.05, 0.1) is 36.6 Å². The van der Waals surface area contributed by atoms with E-state index in [1.807, 2.05) is 61.5 Å². The number of methoxy groups -OCH3 is 2. The highest BCUT2D eigenvalue weighted by Gasteiger charge is 2.04. The predicted octanol–water partition coefficient (Wildman–Crippen LogP) is 4.13. The molecule has 1 aromatic heterocycles. The normalized spacial score (nSPS) is 11.1. The van der Waals surface area contributed by atoms with Crippen molar-refractivity contribution in [2.45, 2.75) is 6.92 Å². The molecule has 0 bridgehead atoms. The molecule has 0 unspecified atom stereocenters. The lowest BCUT2D eigenvalue weighted by molar-refractivity contribution is 0.402. The van der Waals surface area contributed by atoms with Crippen LogP contribution in [0.5, 0.6) is 11.5 Å². The number of ether oxygens (including phenoxy) is 2. The Morgan fingerprint density at radius 2 is 1.61 bits per heavy atom. The third-order valence-electron chi connectivity index (χ3n) is 3.64. The highest BCUT2D eigenvalue weighted by Crippen LogP contribution is 2.26. The SMILES string of the molecule is COc1ccc(OC)c(/C=C/c2nc3ccccc3nc2C)c1. The molecular weight excluding hydrogens is 288 g/mol. The van der Waals surface area contributed by atoms with Crippen LogP contribution < -0.4 is 9.47 Å². The summed E-state index contributed by atoms with van der Waals surface area (Å²) in [5.41, 5.74) is 4.45. The fourth-order valence-corrected chi connectivity index (χ4v) is 2.40. The second kappa shape index (κ2) is 6.48. The molecule has 0 fully saturated rings. The highest BCUT2D eigenvalue weighted by molar-refractivity contribution is 5.78. The van der Waals surface area contributed by atoms with Gasteiger partial charge in [0.1, 0.15) is 11.5 Å². The maximum atomic E-state index is 5.39. The van der Waals surface area contributed by atoms with Crippen LogP contribution in [0.3, 0.4) is 0 Å². The first-order chi connectivity index (χ1) is 11.2. The molecule has 0 radical (unpaired) electrons. The monoisotopic (exact) mass is 306 g/mol. The van der Waals surface area contributed by atoms with Gasteiger partial charge in [-0.3, -0.25) is 0 Å². The molecule has 116 valence electrons. The van der Waals surface area contributed by atoms with Gasteiger partial charge in [-0.05, 0) is 49.4 Å². The lowest BCUT2D eigenvalue weighted by atomic mass is 10.1. The Morgan fingerprint density at radius 3 is 2.30 bits per heavy atom. The van der Waals surface area contributed by atoms with Crippen LogP contribution >= 0.6 is 0 Å². The van der Waals surface area contributed by atoms with Crippen LogP contribution in [0.15, 0.2) is 42.5 Å². The molecule has 1 heterocycles. The summed E-state index contributed by atoms with van der Waals surface area (Å²) in [5.74, 6) is 1.57. The van der Waals surface area contributed by atoms with Crippen molar-refractivity contribution in [3.05, 3.63) is 59.4 Å². The zero-order valence-corrected chi connectivity index (χ0v) is 13.4. The van der Waals surface area contributed by atoms with Gasteiger partial charge in [0.15, 0.2) is 0 Å². The fraction of sp³-hybridized carbons (Fsp3) is 0.158. The van der Waals surface area contributed by atoms with Crippen molar-refractivity contribution in [1.29, 1.82) is 0 Å². The predicted molar refractivity (Wildman–Crippen MR) is 92.7 cm³/mol. The Hall–Kier alpha value is -2.88. The van der Waals surface area contributed by atoms with Gasteiger partial charge in [0.25, 0.3) is 0 Å². The molecular formula is C19H18N2O2. The molecule has 3 aromatic rings. The van der Waals surface area contributed by atoms with Crippen LogP contribution in [0, 0.1) is 6.92 Å². The third-order valence-corrected chi connectivity index (χ3v) is 3.64. The number of aryl methyl sites for hydroxylation is 1. The molecule has 0 atom stereocenters. The van der Waals surface area contributed by atoms with Crippen molar-refractivity contribution in [2.75, 3.05) is 14.2 Å². The molecule has 4 heteroatoms. The van der Waals surface area contributed by atoms with Crippen LogP contribution in [0.4, 0.5) is 0 Å². The van der Waals surface area contributed by atoms with E-state index < -0.39 is 0 Å². The Labute approximate surface area is 135 Å². The lowest BCUT2D eigenvalue weighted by Gasteiger charge is -2.07. The van der Waals surface area contributed by atoms with Gasteiger partial charge in [-0.15, -0.1) is 0 Å². The molecule has 0 aliphatic carbocycles. The van der Waals surface area contributed by atoms with E-state index in [0.29, 0.717) is 0 Å². The van der Waals surface area contributed by atoms with Crippen LogP contribution in [0.25, 0.3) is 23.2 Å².